The molecule has 4 aromatic rings. The summed E-state index contributed by atoms with van der Waals surface area (Å²) in [6.07, 6.45) is 0.345. The van der Waals surface area contributed by atoms with E-state index in [1.807, 2.05) is 0 Å². The Morgan fingerprint density at radius 2 is 1.31 bits per heavy atom. The lowest BCUT2D eigenvalue weighted by atomic mass is 10.1. The van der Waals surface area contributed by atoms with Gasteiger partial charge in [-0.1, -0.05) is 29.7 Å². The molecule has 0 fully saturated rings. The first kappa shape index (κ1) is 24.9. The van der Waals surface area contributed by atoms with Crippen molar-refractivity contribution < 1.29 is 31.1 Å². The van der Waals surface area contributed by atoms with Crippen LogP contribution in [0.5, 0.6) is 0 Å². The summed E-state index contributed by atoms with van der Waals surface area (Å²) in [5.41, 5.74) is 0.525. The van der Waals surface area contributed by atoms with Crippen LogP contribution < -0.4 is 0 Å². The molecule has 0 atom stereocenters. The van der Waals surface area contributed by atoms with Gasteiger partial charge in [-0.15, -0.1) is 0 Å². The second-order valence-corrected chi connectivity index (χ2v) is 7.79. The zero-order valence-corrected chi connectivity index (χ0v) is 18.8. The van der Waals surface area contributed by atoms with Crippen LogP contribution in [0.2, 0.25) is 0 Å². The molecule has 0 aliphatic carbocycles. The summed E-state index contributed by atoms with van der Waals surface area (Å²) in [5, 5.41) is 0.00142. The summed E-state index contributed by atoms with van der Waals surface area (Å²) in [6, 6.07) is 11.1. The van der Waals surface area contributed by atoms with Crippen molar-refractivity contribution in [1.29, 1.82) is 0 Å². The van der Waals surface area contributed by atoms with Gasteiger partial charge >= 0.3 is 0 Å². The molecule has 0 N–H and O–H groups in total. The molecule has 7 heteroatoms. The van der Waals surface area contributed by atoms with Gasteiger partial charge in [0.15, 0.2) is 17.5 Å². The predicted octanol–water partition coefficient (Wildman–Crippen LogP) is 6.66. The maximum atomic E-state index is 14.5. The van der Waals surface area contributed by atoms with E-state index in [9.17, 15) is 26.3 Å². The number of hydrogen-bond donors (Lipinski definition) is 0. The van der Waals surface area contributed by atoms with Crippen molar-refractivity contribution in [1.82, 2.24) is 0 Å². The van der Waals surface area contributed by atoms with Crippen LogP contribution in [-0.4, -0.2) is 13.7 Å². The van der Waals surface area contributed by atoms with E-state index in [4.69, 9.17) is 4.74 Å². The van der Waals surface area contributed by atoms with Gasteiger partial charge in [0, 0.05) is 23.6 Å². The van der Waals surface area contributed by atoms with E-state index in [0.717, 1.165) is 12.1 Å². The van der Waals surface area contributed by atoms with E-state index in [0.29, 0.717) is 24.2 Å². The third-order valence-corrected chi connectivity index (χ3v) is 5.31. The zero-order chi connectivity index (χ0) is 25.8. The monoisotopic (exact) mass is 494 g/mol. The highest BCUT2D eigenvalue weighted by Crippen LogP contribution is 2.24. The van der Waals surface area contributed by atoms with Crippen molar-refractivity contribution in [3.63, 3.8) is 0 Å². The van der Waals surface area contributed by atoms with Crippen molar-refractivity contribution in [2.24, 2.45) is 0 Å². The normalized spacial score (nSPS) is 10.5. The zero-order valence-electron chi connectivity index (χ0n) is 18.8. The van der Waals surface area contributed by atoms with Gasteiger partial charge in [-0.3, -0.25) is 0 Å². The quantitative estimate of drug-likeness (QED) is 0.176. The topological polar surface area (TPSA) is 9.23 Å². The molecular formula is C29H16F6O. The average Bonchev–Trinajstić information content (AvgIpc) is 2.85. The molecule has 0 saturated heterocycles. The molecule has 0 aliphatic heterocycles. The number of halogens is 6. The van der Waals surface area contributed by atoms with E-state index in [1.54, 1.807) is 0 Å². The number of methoxy groups -OCH3 is 1. The van der Waals surface area contributed by atoms with Crippen LogP contribution in [0.25, 0.3) is 10.8 Å². The Morgan fingerprint density at radius 3 is 2.00 bits per heavy atom. The van der Waals surface area contributed by atoms with Crippen LogP contribution in [0.4, 0.5) is 26.3 Å². The molecule has 0 aromatic heterocycles. The average molecular weight is 494 g/mol. The van der Waals surface area contributed by atoms with Crippen LogP contribution in [0.15, 0.2) is 54.6 Å². The fraction of sp³-hybridized carbons (Fsp3) is 0.103. The maximum Gasteiger partial charge on any atom is 0.195 e. The molecule has 0 bridgehead atoms. The molecule has 180 valence electrons. The van der Waals surface area contributed by atoms with Gasteiger partial charge < -0.3 is 4.74 Å². The number of rotatable bonds is 3. The van der Waals surface area contributed by atoms with E-state index in [1.165, 1.54) is 49.6 Å². The van der Waals surface area contributed by atoms with Crippen molar-refractivity contribution in [3.8, 4) is 23.7 Å². The second-order valence-electron chi connectivity index (χ2n) is 7.79. The first-order valence-corrected chi connectivity index (χ1v) is 10.6. The van der Waals surface area contributed by atoms with Gasteiger partial charge in [-0.05, 0) is 65.9 Å². The highest BCUT2D eigenvalue weighted by molar-refractivity contribution is 5.84. The van der Waals surface area contributed by atoms with Crippen molar-refractivity contribution in [2.75, 3.05) is 13.7 Å². The van der Waals surface area contributed by atoms with Crippen molar-refractivity contribution >= 4 is 10.8 Å². The largest absolute Gasteiger partial charge is 0.384 e. The molecule has 0 radical (unpaired) electrons. The lowest BCUT2D eigenvalue weighted by molar-refractivity contribution is 0.202. The summed E-state index contributed by atoms with van der Waals surface area (Å²) in [4.78, 5) is 0. The Hall–Kier alpha value is -4.20. The molecule has 1 nitrogen and oxygen atoms in total. The van der Waals surface area contributed by atoms with E-state index >= 15 is 0 Å². The van der Waals surface area contributed by atoms with Gasteiger partial charge in [-0.2, -0.15) is 0 Å². The molecule has 0 saturated carbocycles. The molecule has 0 spiro atoms. The first-order valence-electron chi connectivity index (χ1n) is 10.6. The molecule has 0 unspecified atom stereocenters. The van der Waals surface area contributed by atoms with Crippen LogP contribution in [-0.2, 0) is 11.2 Å². The first-order chi connectivity index (χ1) is 17.3. The molecule has 36 heavy (non-hydrogen) atoms. The lowest BCUT2D eigenvalue weighted by Gasteiger charge is -2.04. The predicted molar refractivity (Wildman–Crippen MR) is 124 cm³/mol. The summed E-state index contributed by atoms with van der Waals surface area (Å²) >= 11 is 0. The smallest absolute Gasteiger partial charge is 0.195 e. The minimum absolute atomic E-state index is 0.0111. The lowest BCUT2D eigenvalue weighted by Crippen LogP contribution is -1.99. The van der Waals surface area contributed by atoms with Crippen LogP contribution in [0, 0.1) is 58.6 Å². The fourth-order valence-electron chi connectivity index (χ4n) is 3.46. The van der Waals surface area contributed by atoms with Gasteiger partial charge in [0.05, 0.1) is 17.7 Å². The number of hydrogen-bond acceptors (Lipinski definition) is 1. The van der Waals surface area contributed by atoms with E-state index < -0.39 is 40.5 Å². The summed E-state index contributed by atoms with van der Waals surface area (Å²) in [5.74, 6) is 3.68. The van der Waals surface area contributed by atoms with Crippen LogP contribution >= 0.6 is 0 Å². The molecule has 0 heterocycles. The highest BCUT2D eigenvalue weighted by Gasteiger charge is 2.13. The van der Waals surface area contributed by atoms with Crippen molar-refractivity contribution in [3.05, 3.63) is 117 Å². The number of ether oxygens (including phenoxy) is 1. The SMILES string of the molecule is COCCc1cc(F)c(C#Cc2ccc(C#Cc3ccc4c(F)c(F)c(F)cc4c3)c(F)c2)c(F)c1. The van der Waals surface area contributed by atoms with E-state index in [2.05, 4.69) is 23.7 Å². The third-order valence-electron chi connectivity index (χ3n) is 5.31. The minimum Gasteiger partial charge on any atom is -0.384 e. The minimum atomic E-state index is -1.56. The van der Waals surface area contributed by atoms with Gasteiger partial charge in [-0.25, -0.2) is 26.3 Å². The summed E-state index contributed by atoms with van der Waals surface area (Å²) in [7, 11) is 1.49. The Kier molecular flexibility index (Phi) is 7.33. The summed E-state index contributed by atoms with van der Waals surface area (Å²) < 4.78 is 88.7. The second kappa shape index (κ2) is 10.6. The van der Waals surface area contributed by atoms with Crippen molar-refractivity contribution in [2.45, 2.75) is 6.42 Å². The van der Waals surface area contributed by atoms with Gasteiger partial charge in [0.2, 0.25) is 0 Å². The summed E-state index contributed by atoms with van der Waals surface area (Å²) in [6.45, 7) is 0.316. The molecule has 4 rings (SSSR count). The molecule has 0 aliphatic rings. The van der Waals surface area contributed by atoms with Gasteiger partial charge in [0.1, 0.15) is 17.5 Å². The Balaban J connectivity index is 1.57. The maximum absolute atomic E-state index is 14.5. The molecule has 4 aromatic carbocycles. The van der Waals surface area contributed by atoms with Crippen LogP contribution in [0.1, 0.15) is 27.8 Å². The molecular weight excluding hydrogens is 478 g/mol. The van der Waals surface area contributed by atoms with E-state index in [-0.39, 0.29) is 21.9 Å². The number of benzene rings is 4. The van der Waals surface area contributed by atoms with Crippen LogP contribution in [0.3, 0.4) is 0 Å². The Morgan fingerprint density at radius 1 is 0.639 bits per heavy atom. The highest BCUT2D eigenvalue weighted by atomic mass is 19.2. The standard InChI is InChI=1S/C29H16F6O/c1-36-11-10-19-14-25(31)23(26(32)15-19)9-5-18-3-7-20(24(30)13-18)6-2-17-4-8-22-21(12-17)16-27(33)29(35)28(22)34/h3-4,7-8,12-16H,10-11H2,1H3. The third kappa shape index (κ3) is 5.38. The number of fused-ring (bicyclic) bond motifs is 1. The van der Waals surface area contributed by atoms with Gasteiger partial charge in [0.25, 0.3) is 0 Å². The molecule has 0 amide bonds. The fourth-order valence-corrected chi connectivity index (χ4v) is 3.46. The Bertz CT molecular complexity index is 1580. The Labute approximate surface area is 203 Å².